The maximum atomic E-state index is 12.4. The summed E-state index contributed by atoms with van der Waals surface area (Å²) in [5.74, 6) is 0.580. The number of ketones is 1. The molecule has 1 aliphatic rings. The molecule has 1 aromatic carbocycles. The number of carbonyl (C=O) groups is 2. The molecule has 1 heterocycles. The van der Waals surface area contributed by atoms with Crippen LogP contribution >= 0.6 is 0 Å². The summed E-state index contributed by atoms with van der Waals surface area (Å²) in [6.07, 6.45) is 7.13. The smallest absolute Gasteiger partial charge is 0.221 e. The SMILES string of the molecule is CC(C)[C@H](CC(=O)CC1CCC(c2ccnc3ccccc23)CC1)C(N)=O. The van der Waals surface area contributed by atoms with E-state index in [1.807, 2.05) is 26.1 Å². The summed E-state index contributed by atoms with van der Waals surface area (Å²) in [6, 6.07) is 10.5. The van der Waals surface area contributed by atoms with Crippen LogP contribution in [-0.4, -0.2) is 16.7 Å². The van der Waals surface area contributed by atoms with Crippen molar-refractivity contribution in [2.24, 2.45) is 23.5 Å². The van der Waals surface area contributed by atoms with Gasteiger partial charge in [0.05, 0.1) is 5.52 Å². The lowest BCUT2D eigenvalue weighted by Crippen LogP contribution is -2.30. The average molecular weight is 367 g/mol. The first kappa shape index (κ1) is 19.5. The van der Waals surface area contributed by atoms with Crippen LogP contribution in [0.4, 0.5) is 0 Å². The summed E-state index contributed by atoms with van der Waals surface area (Å²) >= 11 is 0. The van der Waals surface area contributed by atoms with Crippen molar-refractivity contribution in [3.8, 4) is 0 Å². The molecular formula is C23H30N2O2. The van der Waals surface area contributed by atoms with Crippen molar-refractivity contribution in [2.45, 2.75) is 58.3 Å². The van der Waals surface area contributed by atoms with Crippen LogP contribution in [0, 0.1) is 17.8 Å². The summed E-state index contributed by atoms with van der Waals surface area (Å²) in [7, 11) is 0. The first-order valence-electron chi connectivity index (χ1n) is 10.1. The molecule has 0 spiro atoms. The first-order valence-corrected chi connectivity index (χ1v) is 10.1. The fourth-order valence-corrected chi connectivity index (χ4v) is 4.47. The normalized spacial score (nSPS) is 21.3. The van der Waals surface area contributed by atoms with Crippen LogP contribution in [0.25, 0.3) is 10.9 Å². The van der Waals surface area contributed by atoms with Gasteiger partial charge in [-0.15, -0.1) is 0 Å². The number of hydrogen-bond acceptors (Lipinski definition) is 3. The summed E-state index contributed by atoms with van der Waals surface area (Å²) in [5.41, 5.74) is 7.89. The molecule has 1 atom stereocenters. The van der Waals surface area contributed by atoms with Crippen molar-refractivity contribution in [3.05, 3.63) is 42.1 Å². The topological polar surface area (TPSA) is 73.1 Å². The van der Waals surface area contributed by atoms with Crippen molar-refractivity contribution in [1.82, 2.24) is 4.98 Å². The van der Waals surface area contributed by atoms with Gasteiger partial charge in [0, 0.05) is 30.3 Å². The fraction of sp³-hybridized carbons (Fsp3) is 0.522. The average Bonchev–Trinajstić information content (AvgIpc) is 2.66. The van der Waals surface area contributed by atoms with E-state index >= 15 is 0 Å². The molecule has 1 saturated carbocycles. The van der Waals surface area contributed by atoms with Gasteiger partial charge < -0.3 is 5.73 Å². The number of para-hydroxylation sites is 1. The number of benzene rings is 1. The quantitative estimate of drug-likeness (QED) is 0.777. The van der Waals surface area contributed by atoms with Gasteiger partial charge in [-0.3, -0.25) is 14.6 Å². The largest absolute Gasteiger partial charge is 0.369 e. The number of primary amides is 1. The van der Waals surface area contributed by atoms with Gasteiger partial charge in [0.15, 0.2) is 0 Å². The zero-order chi connectivity index (χ0) is 19.4. The summed E-state index contributed by atoms with van der Waals surface area (Å²) in [6.45, 7) is 3.90. The Kier molecular flexibility index (Phi) is 6.25. The number of nitrogens with two attached hydrogens (primary N) is 1. The Morgan fingerprint density at radius 2 is 1.81 bits per heavy atom. The third-order valence-corrected chi connectivity index (χ3v) is 6.10. The highest BCUT2D eigenvalue weighted by Crippen LogP contribution is 2.39. The molecule has 3 rings (SSSR count). The zero-order valence-corrected chi connectivity index (χ0v) is 16.4. The minimum absolute atomic E-state index is 0.113. The van der Waals surface area contributed by atoms with Gasteiger partial charge in [0.2, 0.25) is 5.91 Å². The van der Waals surface area contributed by atoms with Crippen LogP contribution in [0.5, 0.6) is 0 Å². The summed E-state index contributed by atoms with van der Waals surface area (Å²) < 4.78 is 0. The van der Waals surface area contributed by atoms with E-state index in [1.54, 1.807) is 0 Å². The highest BCUT2D eigenvalue weighted by Gasteiger charge is 2.28. The zero-order valence-electron chi connectivity index (χ0n) is 16.4. The van der Waals surface area contributed by atoms with Crippen molar-refractivity contribution in [1.29, 1.82) is 0 Å². The van der Waals surface area contributed by atoms with Crippen molar-refractivity contribution in [2.75, 3.05) is 0 Å². The van der Waals surface area contributed by atoms with E-state index in [2.05, 4.69) is 29.2 Å². The van der Waals surface area contributed by atoms with E-state index in [-0.39, 0.29) is 23.5 Å². The molecular weight excluding hydrogens is 336 g/mol. The van der Waals surface area contributed by atoms with Crippen LogP contribution in [-0.2, 0) is 9.59 Å². The maximum Gasteiger partial charge on any atom is 0.221 e. The Balaban J connectivity index is 1.57. The molecule has 1 fully saturated rings. The molecule has 27 heavy (non-hydrogen) atoms. The van der Waals surface area contributed by atoms with Gasteiger partial charge in [0.25, 0.3) is 0 Å². The van der Waals surface area contributed by atoms with Gasteiger partial charge in [-0.25, -0.2) is 0 Å². The van der Waals surface area contributed by atoms with E-state index in [1.165, 1.54) is 10.9 Å². The molecule has 1 amide bonds. The minimum Gasteiger partial charge on any atom is -0.369 e. The predicted molar refractivity (Wildman–Crippen MR) is 108 cm³/mol. The monoisotopic (exact) mass is 366 g/mol. The number of Topliss-reactive ketones (excluding diaryl/α,β-unsaturated/α-hetero) is 1. The molecule has 1 aliphatic carbocycles. The molecule has 1 aromatic heterocycles. The lowest BCUT2D eigenvalue weighted by Gasteiger charge is -2.29. The standard InChI is InChI=1S/C23H30N2O2/c1-15(2)21(23(24)27)14-18(26)13-16-7-9-17(10-8-16)19-11-12-25-22-6-4-3-5-20(19)22/h3-6,11-12,15-17,21H,7-10,13-14H2,1-2H3,(H2,24,27)/t16?,17?,21-/m0/s1. The number of carbonyl (C=O) groups excluding carboxylic acids is 2. The minimum atomic E-state index is -0.355. The molecule has 2 aromatic rings. The molecule has 0 unspecified atom stereocenters. The highest BCUT2D eigenvalue weighted by molar-refractivity contribution is 5.86. The Morgan fingerprint density at radius 3 is 2.48 bits per heavy atom. The molecule has 0 aliphatic heterocycles. The predicted octanol–water partition coefficient (Wildman–Crippen LogP) is 4.62. The van der Waals surface area contributed by atoms with Gasteiger partial charge in [-0.1, -0.05) is 32.0 Å². The number of amides is 1. The number of rotatable bonds is 7. The Bertz CT molecular complexity index is 802. The van der Waals surface area contributed by atoms with Crippen LogP contribution in [0.1, 0.15) is 63.9 Å². The van der Waals surface area contributed by atoms with E-state index in [9.17, 15) is 9.59 Å². The fourth-order valence-electron chi connectivity index (χ4n) is 4.47. The van der Waals surface area contributed by atoms with Crippen molar-refractivity contribution < 1.29 is 9.59 Å². The second-order valence-corrected chi connectivity index (χ2v) is 8.33. The van der Waals surface area contributed by atoms with Crippen LogP contribution < -0.4 is 5.73 Å². The molecule has 0 bridgehead atoms. The van der Waals surface area contributed by atoms with E-state index in [0.29, 0.717) is 24.7 Å². The van der Waals surface area contributed by atoms with Crippen LogP contribution in [0.15, 0.2) is 36.5 Å². The lowest BCUT2D eigenvalue weighted by molar-refractivity contribution is -0.129. The third kappa shape index (κ3) is 4.74. The molecule has 144 valence electrons. The number of hydrogen-bond donors (Lipinski definition) is 1. The van der Waals surface area contributed by atoms with Gasteiger partial charge in [-0.05, 0) is 61.1 Å². The second-order valence-electron chi connectivity index (χ2n) is 8.33. The second kappa shape index (κ2) is 8.64. The Hall–Kier alpha value is -2.23. The molecule has 0 saturated heterocycles. The molecule has 4 heteroatoms. The summed E-state index contributed by atoms with van der Waals surface area (Å²) in [5, 5.41) is 1.25. The summed E-state index contributed by atoms with van der Waals surface area (Å²) in [4.78, 5) is 28.4. The molecule has 2 N–H and O–H groups in total. The van der Waals surface area contributed by atoms with Crippen molar-refractivity contribution in [3.63, 3.8) is 0 Å². The van der Waals surface area contributed by atoms with E-state index in [0.717, 1.165) is 31.2 Å². The lowest BCUT2D eigenvalue weighted by atomic mass is 9.75. The Labute approximate surface area is 161 Å². The number of fused-ring (bicyclic) bond motifs is 1. The van der Waals surface area contributed by atoms with E-state index in [4.69, 9.17) is 5.73 Å². The molecule has 4 nitrogen and oxygen atoms in total. The molecule has 0 radical (unpaired) electrons. The number of nitrogens with zero attached hydrogens (tertiary/aromatic N) is 1. The van der Waals surface area contributed by atoms with Crippen LogP contribution in [0.2, 0.25) is 0 Å². The van der Waals surface area contributed by atoms with E-state index < -0.39 is 0 Å². The number of aromatic nitrogens is 1. The third-order valence-electron chi connectivity index (χ3n) is 6.10. The highest BCUT2D eigenvalue weighted by atomic mass is 16.1. The van der Waals surface area contributed by atoms with Crippen LogP contribution in [0.3, 0.4) is 0 Å². The van der Waals surface area contributed by atoms with Gasteiger partial charge in [-0.2, -0.15) is 0 Å². The van der Waals surface area contributed by atoms with Crippen molar-refractivity contribution >= 4 is 22.6 Å². The number of pyridine rings is 1. The first-order chi connectivity index (χ1) is 13.0. The maximum absolute atomic E-state index is 12.4. The van der Waals surface area contributed by atoms with Gasteiger partial charge >= 0.3 is 0 Å². The van der Waals surface area contributed by atoms with Gasteiger partial charge in [0.1, 0.15) is 5.78 Å². The Morgan fingerprint density at radius 1 is 1.11 bits per heavy atom.